The Kier molecular flexibility index (Phi) is 11.2. The van der Waals surface area contributed by atoms with Gasteiger partial charge >= 0.3 is 0 Å². The normalized spacial score (nSPS) is 20.8. The Bertz CT molecular complexity index is 1590. The number of sulfonamides is 1. The number of hydrogen-bond acceptors (Lipinski definition) is 9. The van der Waals surface area contributed by atoms with E-state index in [1.807, 2.05) is 49.4 Å². The van der Waals surface area contributed by atoms with Crippen LogP contribution >= 0.6 is 0 Å². The molecule has 4 atom stereocenters. The van der Waals surface area contributed by atoms with Gasteiger partial charge in [-0.1, -0.05) is 35.9 Å². The third kappa shape index (κ3) is 7.82. The number of benzene rings is 3. The van der Waals surface area contributed by atoms with E-state index in [1.54, 1.807) is 38.5 Å². The van der Waals surface area contributed by atoms with Gasteiger partial charge in [-0.05, 0) is 67.3 Å². The highest BCUT2D eigenvalue weighted by Gasteiger charge is 2.43. The summed E-state index contributed by atoms with van der Waals surface area (Å²) in [6, 6.07) is 21.7. The zero-order chi connectivity index (χ0) is 32.7. The fraction of sp³-hybridized carbons (Fsp3) is 0.457. The summed E-state index contributed by atoms with van der Waals surface area (Å²) in [5.41, 5.74) is 3.87. The highest BCUT2D eigenvalue weighted by molar-refractivity contribution is 7.89. The molecule has 1 N–H and O–H groups in total. The molecule has 3 aromatic carbocycles. The van der Waals surface area contributed by atoms with Crippen LogP contribution in [0.25, 0.3) is 0 Å². The minimum absolute atomic E-state index is 0.00923. The van der Waals surface area contributed by atoms with Crippen molar-refractivity contribution < 1.29 is 32.5 Å². The fourth-order valence-corrected chi connectivity index (χ4v) is 7.95. The number of aliphatic hydroxyl groups excluding tert-OH is 1. The highest BCUT2D eigenvalue weighted by atomic mass is 32.2. The van der Waals surface area contributed by atoms with Gasteiger partial charge in [-0.15, -0.1) is 0 Å². The van der Waals surface area contributed by atoms with E-state index in [-0.39, 0.29) is 30.4 Å². The summed E-state index contributed by atoms with van der Waals surface area (Å²) in [7, 11) is -0.654. The minimum Gasteiger partial charge on any atom is -0.497 e. The second kappa shape index (κ2) is 15.3. The van der Waals surface area contributed by atoms with E-state index in [2.05, 4.69) is 11.0 Å². The third-order valence-corrected chi connectivity index (χ3v) is 10.7. The maximum Gasteiger partial charge on any atom is 0.243 e. The van der Waals surface area contributed by atoms with E-state index < -0.39 is 28.3 Å². The predicted octanol–water partition coefficient (Wildman–Crippen LogP) is 4.65. The number of aryl methyl sites for hydroxylation is 1. The number of nitriles is 1. The molecule has 46 heavy (non-hydrogen) atoms. The Morgan fingerprint density at radius 1 is 1.09 bits per heavy atom. The van der Waals surface area contributed by atoms with Gasteiger partial charge in [-0.3, -0.25) is 0 Å². The van der Waals surface area contributed by atoms with Crippen molar-refractivity contribution in [2.75, 3.05) is 52.0 Å². The molecule has 2 heterocycles. The summed E-state index contributed by atoms with van der Waals surface area (Å²) in [6.07, 6.45) is -0.556. The Labute approximate surface area is 272 Å². The van der Waals surface area contributed by atoms with Crippen LogP contribution in [0.1, 0.15) is 41.9 Å². The molecule has 0 radical (unpaired) electrons. The predicted molar refractivity (Wildman–Crippen MR) is 175 cm³/mol. The molecule has 0 saturated carbocycles. The van der Waals surface area contributed by atoms with Crippen LogP contribution in [0.2, 0.25) is 0 Å². The molecule has 5 rings (SSSR count). The quantitative estimate of drug-likeness (QED) is 0.208. The number of hydrogen-bond donors (Lipinski definition) is 1. The van der Waals surface area contributed by atoms with Crippen LogP contribution < -0.4 is 14.4 Å². The monoisotopic (exact) mass is 649 g/mol. The topological polar surface area (TPSA) is 122 Å². The molecule has 1 unspecified atom stereocenters. The number of rotatable bonds is 13. The molecule has 0 bridgehead atoms. The van der Waals surface area contributed by atoms with Crippen molar-refractivity contribution in [1.82, 2.24) is 4.31 Å². The minimum atomic E-state index is -3.97. The van der Waals surface area contributed by atoms with Crippen molar-refractivity contribution >= 4 is 15.7 Å². The van der Waals surface area contributed by atoms with E-state index in [0.29, 0.717) is 25.4 Å². The Balaban J connectivity index is 1.45. The SMILES string of the molecule is COCCCN1CCOc2ccc(CO[C@H]3CN(S(=O)(=O)c4ccc(C)cc4)[C@@H](CC(O)C#N)C[C@@H]3c3ccc(OC)cc3)cc21. The second-order valence-corrected chi connectivity index (χ2v) is 13.8. The number of nitrogens with zero attached hydrogens (tertiary/aromatic N) is 3. The zero-order valence-corrected chi connectivity index (χ0v) is 27.5. The van der Waals surface area contributed by atoms with E-state index in [0.717, 1.165) is 47.6 Å². The molecular weight excluding hydrogens is 606 g/mol. The molecule has 11 heteroatoms. The summed E-state index contributed by atoms with van der Waals surface area (Å²) in [6.45, 7) is 5.15. The van der Waals surface area contributed by atoms with Crippen molar-refractivity contribution in [3.63, 3.8) is 0 Å². The highest BCUT2D eigenvalue weighted by Crippen LogP contribution is 2.39. The lowest BCUT2D eigenvalue weighted by atomic mass is 9.82. The summed E-state index contributed by atoms with van der Waals surface area (Å²) in [5.74, 6) is 1.34. The van der Waals surface area contributed by atoms with E-state index in [1.165, 1.54) is 4.31 Å². The van der Waals surface area contributed by atoms with Crippen molar-refractivity contribution in [3.05, 3.63) is 83.4 Å². The summed E-state index contributed by atoms with van der Waals surface area (Å²) in [4.78, 5) is 2.46. The molecule has 1 saturated heterocycles. The van der Waals surface area contributed by atoms with Crippen molar-refractivity contribution in [3.8, 4) is 17.6 Å². The average Bonchev–Trinajstić information content (AvgIpc) is 3.07. The van der Waals surface area contributed by atoms with Crippen LogP contribution in [0.4, 0.5) is 5.69 Å². The standard InChI is InChI=1S/C35H43N3O7S/c1-25-5-12-31(13-6-25)46(40,41)38-23-35(32(21-28(38)20-29(39)22-36)27-8-10-30(43-3)11-9-27)45-24-26-7-14-34-33(19-26)37(16-18-44-34)15-4-17-42-2/h5-14,19,28-29,32,35,39H,4,15-18,20-21,23-24H2,1-3H3/t28-,29?,32+,35-/m0/s1. The smallest absolute Gasteiger partial charge is 0.243 e. The number of methoxy groups -OCH3 is 2. The first-order chi connectivity index (χ1) is 22.2. The van der Waals surface area contributed by atoms with Gasteiger partial charge in [0.2, 0.25) is 10.0 Å². The van der Waals surface area contributed by atoms with Crippen LogP contribution in [-0.2, 0) is 26.1 Å². The molecule has 2 aliphatic rings. The molecule has 10 nitrogen and oxygen atoms in total. The van der Waals surface area contributed by atoms with E-state index in [4.69, 9.17) is 18.9 Å². The van der Waals surface area contributed by atoms with Crippen molar-refractivity contribution in [1.29, 1.82) is 5.26 Å². The van der Waals surface area contributed by atoms with Crippen LogP contribution in [-0.4, -0.2) is 83.1 Å². The Morgan fingerprint density at radius 3 is 2.54 bits per heavy atom. The molecule has 246 valence electrons. The molecule has 1 fully saturated rings. The zero-order valence-electron chi connectivity index (χ0n) is 26.7. The van der Waals surface area contributed by atoms with Crippen LogP contribution in [0.3, 0.4) is 0 Å². The lowest BCUT2D eigenvalue weighted by Crippen LogP contribution is -2.53. The van der Waals surface area contributed by atoms with E-state index >= 15 is 0 Å². The molecule has 0 aliphatic carbocycles. The summed E-state index contributed by atoms with van der Waals surface area (Å²) < 4.78 is 52.8. The van der Waals surface area contributed by atoms with Crippen molar-refractivity contribution in [2.24, 2.45) is 0 Å². The average molecular weight is 650 g/mol. The summed E-state index contributed by atoms with van der Waals surface area (Å²) in [5, 5.41) is 19.8. The lowest BCUT2D eigenvalue weighted by Gasteiger charge is -2.43. The molecule has 3 aromatic rings. The third-order valence-electron chi connectivity index (χ3n) is 8.78. The molecule has 0 spiro atoms. The largest absolute Gasteiger partial charge is 0.497 e. The molecule has 0 aromatic heterocycles. The van der Waals surface area contributed by atoms with Gasteiger partial charge in [0.25, 0.3) is 0 Å². The summed E-state index contributed by atoms with van der Waals surface area (Å²) >= 11 is 0. The second-order valence-electron chi connectivity index (χ2n) is 11.9. The maximum atomic E-state index is 14.1. The van der Waals surface area contributed by atoms with Gasteiger partial charge < -0.3 is 29.0 Å². The maximum absolute atomic E-state index is 14.1. The van der Waals surface area contributed by atoms with Gasteiger partial charge in [-0.25, -0.2) is 8.42 Å². The molecule has 0 amide bonds. The number of anilines is 1. The van der Waals surface area contributed by atoms with Gasteiger partial charge in [0.05, 0.1) is 43.0 Å². The van der Waals surface area contributed by atoms with Crippen LogP contribution in [0, 0.1) is 18.3 Å². The van der Waals surface area contributed by atoms with Gasteiger partial charge in [0.1, 0.15) is 24.2 Å². The first-order valence-corrected chi connectivity index (χ1v) is 17.1. The fourth-order valence-electron chi connectivity index (χ4n) is 6.29. The number of piperidine rings is 1. The van der Waals surface area contributed by atoms with Crippen LogP contribution in [0.15, 0.2) is 71.6 Å². The first kappa shape index (κ1) is 33.7. The Hall–Kier alpha value is -3.66. The van der Waals surface area contributed by atoms with Crippen molar-refractivity contribution in [2.45, 2.75) is 61.9 Å². The van der Waals surface area contributed by atoms with Crippen LogP contribution in [0.5, 0.6) is 11.5 Å². The Morgan fingerprint density at radius 2 is 1.85 bits per heavy atom. The first-order valence-electron chi connectivity index (χ1n) is 15.6. The van der Waals surface area contributed by atoms with Gasteiger partial charge in [0, 0.05) is 45.2 Å². The number of aliphatic hydroxyl groups is 1. The number of ether oxygens (including phenoxy) is 4. The van der Waals surface area contributed by atoms with Gasteiger partial charge in [-0.2, -0.15) is 9.57 Å². The molecule has 2 aliphatic heterocycles. The molecular formula is C35H43N3O7S. The number of fused-ring (bicyclic) bond motifs is 1. The van der Waals surface area contributed by atoms with Gasteiger partial charge in [0.15, 0.2) is 0 Å². The van der Waals surface area contributed by atoms with E-state index in [9.17, 15) is 18.8 Å². The lowest BCUT2D eigenvalue weighted by molar-refractivity contribution is -0.0242.